The maximum atomic E-state index is 11.6. The normalized spacial score (nSPS) is 19.3. The molecule has 4 rings (SSSR count). The van der Waals surface area contributed by atoms with E-state index in [1.54, 1.807) is 12.4 Å². The van der Waals surface area contributed by atoms with Crippen LogP contribution in [0.25, 0.3) is 17.0 Å². The molecule has 3 heterocycles. The van der Waals surface area contributed by atoms with E-state index in [4.69, 9.17) is 0 Å². The van der Waals surface area contributed by atoms with Gasteiger partial charge in [0.25, 0.3) is 0 Å². The predicted octanol–water partition coefficient (Wildman–Crippen LogP) is 4.15. The van der Waals surface area contributed by atoms with Crippen molar-refractivity contribution in [1.82, 2.24) is 19.6 Å². The molecule has 184 valence electrons. The molecule has 9 heteroatoms. The van der Waals surface area contributed by atoms with Crippen molar-refractivity contribution in [2.75, 3.05) is 31.2 Å². The summed E-state index contributed by atoms with van der Waals surface area (Å²) in [5, 5.41) is 14.3. The summed E-state index contributed by atoms with van der Waals surface area (Å²) in [5.41, 5.74) is 5.25. The maximum Gasteiger partial charge on any atom is 0.208 e. The smallest absolute Gasteiger partial charge is 0.208 e. The van der Waals surface area contributed by atoms with Crippen molar-refractivity contribution < 1.29 is 8.42 Å². The number of fused-ring (bicyclic) bond motifs is 1. The van der Waals surface area contributed by atoms with Gasteiger partial charge in [0.2, 0.25) is 10.0 Å². The fraction of sp³-hybridized carbons (Fsp3) is 0.385. The Balaban J connectivity index is 1.42. The van der Waals surface area contributed by atoms with Crippen LogP contribution in [0.1, 0.15) is 36.5 Å². The number of sulfonamides is 1. The lowest BCUT2D eigenvalue weighted by Crippen LogP contribution is -2.49. The fourth-order valence-corrected chi connectivity index (χ4v) is 5.63. The molecule has 2 unspecified atom stereocenters. The zero-order valence-corrected chi connectivity index (χ0v) is 21.2. The third kappa shape index (κ3) is 6.09. The molecule has 35 heavy (non-hydrogen) atoms. The van der Waals surface area contributed by atoms with Crippen LogP contribution in [0.4, 0.5) is 11.4 Å². The zero-order valence-electron chi connectivity index (χ0n) is 20.4. The molecule has 1 fully saturated rings. The minimum absolute atomic E-state index is 0.000772. The van der Waals surface area contributed by atoms with Crippen LogP contribution in [-0.2, 0) is 10.0 Å². The Hall–Kier alpha value is -3.19. The number of H-pyrrole nitrogens is 1. The van der Waals surface area contributed by atoms with Gasteiger partial charge in [0.05, 0.1) is 17.5 Å². The fourth-order valence-electron chi connectivity index (χ4n) is 4.73. The van der Waals surface area contributed by atoms with Gasteiger partial charge in [-0.3, -0.25) is 4.98 Å². The Morgan fingerprint density at radius 1 is 1.31 bits per heavy atom. The van der Waals surface area contributed by atoms with Crippen LogP contribution in [0.2, 0.25) is 0 Å². The van der Waals surface area contributed by atoms with Gasteiger partial charge in [0, 0.05) is 59.9 Å². The second-order valence-electron chi connectivity index (χ2n) is 9.32. The summed E-state index contributed by atoms with van der Waals surface area (Å²) < 4.78 is 25.9. The van der Waals surface area contributed by atoms with Crippen LogP contribution < -0.4 is 10.0 Å². The summed E-state index contributed by atoms with van der Waals surface area (Å²) in [5.74, 6) is 0.260. The summed E-state index contributed by atoms with van der Waals surface area (Å²) >= 11 is 0. The molecular formula is C26H32N6O2S. The van der Waals surface area contributed by atoms with Crippen LogP contribution in [0, 0.1) is 24.2 Å². The van der Waals surface area contributed by atoms with Crippen molar-refractivity contribution in [1.29, 1.82) is 5.26 Å². The van der Waals surface area contributed by atoms with E-state index in [1.807, 2.05) is 24.4 Å². The Labute approximate surface area is 207 Å². The quantitative estimate of drug-likeness (QED) is 0.435. The van der Waals surface area contributed by atoms with Crippen LogP contribution in [-0.4, -0.2) is 55.2 Å². The van der Waals surface area contributed by atoms with Crippen LogP contribution in [0.5, 0.6) is 0 Å². The molecule has 3 aromatic rings. The van der Waals surface area contributed by atoms with Crippen LogP contribution >= 0.6 is 0 Å². The lowest BCUT2D eigenvalue weighted by atomic mass is 9.95. The van der Waals surface area contributed by atoms with Crippen LogP contribution in [0.3, 0.4) is 0 Å². The predicted molar refractivity (Wildman–Crippen MR) is 141 cm³/mol. The first-order chi connectivity index (χ1) is 16.7. The average Bonchev–Trinajstić information content (AvgIpc) is 3.30. The third-order valence-electron chi connectivity index (χ3n) is 6.62. The number of aryl methyl sites for hydroxylation is 1. The number of nitrogens with one attached hydrogen (secondary N) is 3. The highest BCUT2D eigenvalue weighted by atomic mass is 32.2. The number of nitrogens with zero attached hydrogens (tertiary/aromatic N) is 3. The number of piperidine rings is 1. The van der Waals surface area contributed by atoms with Crippen molar-refractivity contribution >= 4 is 38.4 Å². The molecule has 0 aliphatic carbocycles. The van der Waals surface area contributed by atoms with Gasteiger partial charge in [-0.15, -0.1) is 0 Å². The standard InChI is InChI=1S/C26H32N6O2S/c1-18-17-32(13-10-23(18)31-35(3,33)34)12-5-4-6-20-15-28-16-21(14-27)26(20)30-24-7-8-25-22(19(24)2)9-11-29-25/h4,6-9,11,15-16,18,23,29,31H,5,10,12-13,17H2,1-3H3,(H,28,30)/b6-4+. The molecule has 0 amide bonds. The molecule has 0 saturated carbocycles. The van der Waals surface area contributed by atoms with E-state index in [2.05, 4.69) is 57.0 Å². The van der Waals surface area contributed by atoms with Gasteiger partial charge in [-0.1, -0.05) is 19.1 Å². The van der Waals surface area contributed by atoms with Gasteiger partial charge in [0.15, 0.2) is 0 Å². The SMILES string of the molecule is Cc1c(Nc2c(C#N)cncc2/C=C/CCN2CCC(NS(C)(=O)=O)C(C)C2)ccc2[nH]ccc12. The molecule has 0 radical (unpaired) electrons. The maximum absolute atomic E-state index is 11.6. The van der Waals surface area contributed by atoms with Gasteiger partial charge in [-0.05, 0) is 56.0 Å². The van der Waals surface area contributed by atoms with E-state index >= 15 is 0 Å². The molecule has 1 aliphatic heterocycles. The number of aromatic amines is 1. The van der Waals surface area contributed by atoms with E-state index in [0.29, 0.717) is 5.56 Å². The number of likely N-dealkylation sites (tertiary alicyclic amines) is 1. The molecule has 1 saturated heterocycles. The highest BCUT2D eigenvalue weighted by Gasteiger charge is 2.27. The largest absolute Gasteiger partial charge is 0.361 e. The summed E-state index contributed by atoms with van der Waals surface area (Å²) in [4.78, 5) is 9.85. The Bertz CT molecular complexity index is 1370. The number of anilines is 2. The molecule has 1 aliphatic rings. The van der Waals surface area contributed by atoms with Crippen molar-refractivity contribution in [2.45, 2.75) is 32.7 Å². The van der Waals surface area contributed by atoms with Crippen molar-refractivity contribution in [3.05, 3.63) is 59.6 Å². The lowest BCUT2D eigenvalue weighted by Gasteiger charge is -2.36. The Morgan fingerprint density at radius 2 is 2.14 bits per heavy atom. The first-order valence-electron chi connectivity index (χ1n) is 11.8. The number of benzene rings is 1. The average molecular weight is 493 g/mol. The summed E-state index contributed by atoms with van der Waals surface area (Å²) in [7, 11) is -3.18. The minimum atomic E-state index is -3.18. The first-order valence-corrected chi connectivity index (χ1v) is 13.7. The highest BCUT2D eigenvalue weighted by molar-refractivity contribution is 7.88. The van der Waals surface area contributed by atoms with Gasteiger partial charge >= 0.3 is 0 Å². The molecule has 0 bridgehead atoms. The lowest BCUT2D eigenvalue weighted by molar-refractivity contribution is 0.160. The van der Waals surface area contributed by atoms with Crippen molar-refractivity contribution in [2.24, 2.45) is 5.92 Å². The van der Waals surface area contributed by atoms with Gasteiger partial charge < -0.3 is 15.2 Å². The monoisotopic (exact) mass is 492 g/mol. The van der Waals surface area contributed by atoms with E-state index in [0.717, 1.165) is 65.9 Å². The van der Waals surface area contributed by atoms with E-state index in [1.165, 1.54) is 6.26 Å². The summed E-state index contributed by atoms with van der Waals surface area (Å²) in [6.07, 6.45) is 12.3. The Morgan fingerprint density at radius 3 is 2.89 bits per heavy atom. The number of aromatic nitrogens is 2. The van der Waals surface area contributed by atoms with Gasteiger partial charge in [-0.25, -0.2) is 13.1 Å². The molecule has 2 aromatic heterocycles. The Kier molecular flexibility index (Phi) is 7.55. The highest BCUT2D eigenvalue weighted by Crippen LogP contribution is 2.31. The van der Waals surface area contributed by atoms with E-state index < -0.39 is 10.0 Å². The topological polar surface area (TPSA) is 114 Å². The van der Waals surface area contributed by atoms with E-state index in [-0.39, 0.29) is 12.0 Å². The number of rotatable bonds is 8. The van der Waals surface area contributed by atoms with E-state index in [9.17, 15) is 13.7 Å². The third-order valence-corrected chi connectivity index (χ3v) is 7.35. The second-order valence-corrected chi connectivity index (χ2v) is 11.1. The van der Waals surface area contributed by atoms with Crippen molar-refractivity contribution in [3.63, 3.8) is 0 Å². The molecule has 3 N–H and O–H groups in total. The molecule has 8 nitrogen and oxygen atoms in total. The first kappa shape index (κ1) is 24.9. The second kappa shape index (κ2) is 10.6. The number of hydrogen-bond acceptors (Lipinski definition) is 6. The molecule has 0 spiro atoms. The van der Waals surface area contributed by atoms with Crippen LogP contribution in [0.15, 0.2) is 42.9 Å². The minimum Gasteiger partial charge on any atom is -0.361 e. The molecule has 2 atom stereocenters. The van der Waals surface area contributed by atoms with Gasteiger partial charge in [-0.2, -0.15) is 5.26 Å². The molecule has 1 aromatic carbocycles. The number of pyridine rings is 1. The summed E-state index contributed by atoms with van der Waals surface area (Å²) in [6.45, 7) is 6.78. The zero-order chi connectivity index (χ0) is 25.0. The summed E-state index contributed by atoms with van der Waals surface area (Å²) in [6, 6.07) is 8.35. The van der Waals surface area contributed by atoms with Crippen molar-refractivity contribution in [3.8, 4) is 6.07 Å². The number of hydrogen-bond donors (Lipinski definition) is 3. The van der Waals surface area contributed by atoms with Gasteiger partial charge in [0.1, 0.15) is 6.07 Å². The molecular weight excluding hydrogens is 460 g/mol. The number of nitriles is 1.